The van der Waals surface area contributed by atoms with E-state index in [-0.39, 0.29) is 23.9 Å². The van der Waals surface area contributed by atoms with Gasteiger partial charge in [-0.15, -0.1) is 0 Å². The Hall–Kier alpha value is -2.89. The van der Waals surface area contributed by atoms with Gasteiger partial charge in [0, 0.05) is 24.9 Å². The number of carbonyl (C=O) groups is 2. The highest BCUT2D eigenvalue weighted by atomic mass is 16.5. The predicted octanol–water partition coefficient (Wildman–Crippen LogP) is 1.65. The summed E-state index contributed by atoms with van der Waals surface area (Å²) in [5, 5.41) is 0. The number of aromatic nitrogens is 1. The molecular weight excluding hydrogens is 296 g/mol. The number of pyridine rings is 1. The lowest BCUT2D eigenvalue weighted by Gasteiger charge is -2.26. The lowest BCUT2D eigenvalue weighted by Crippen LogP contribution is -2.35. The summed E-state index contributed by atoms with van der Waals surface area (Å²) in [6, 6.07) is 9.06. The number of likely N-dealkylation sites (N-methyl/N-ethyl adjacent to an activating group) is 1. The maximum Gasteiger partial charge on any atom is 0.264 e. The Morgan fingerprint density at radius 3 is 2.74 bits per heavy atom. The molecule has 1 aromatic carbocycles. The molecule has 1 unspecified atom stereocenters. The summed E-state index contributed by atoms with van der Waals surface area (Å²) < 4.78 is 6.73. The van der Waals surface area contributed by atoms with Crippen molar-refractivity contribution >= 4 is 17.4 Å². The number of nitrogens with zero attached hydrogens (tertiary/aromatic N) is 2. The average Bonchev–Trinajstić information content (AvgIpc) is 2.57. The molecule has 2 aromatic rings. The van der Waals surface area contributed by atoms with Crippen LogP contribution in [-0.4, -0.2) is 29.9 Å². The number of hydrogen-bond donors (Lipinski definition) is 0. The number of anilines is 1. The molecule has 2 heterocycles. The Morgan fingerprint density at radius 2 is 2.00 bits per heavy atom. The van der Waals surface area contributed by atoms with E-state index in [0.717, 1.165) is 0 Å². The van der Waals surface area contributed by atoms with Gasteiger partial charge in [-0.1, -0.05) is 6.07 Å². The fraction of sp³-hybridized carbons (Fsp3) is 0.235. The maximum atomic E-state index is 12.7. The molecule has 118 valence electrons. The minimum atomic E-state index is -0.632. The number of ketones is 1. The van der Waals surface area contributed by atoms with E-state index in [1.165, 1.54) is 15.5 Å². The molecule has 6 nitrogen and oxygen atoms in total. The Kier molecular flexibility index (Phi) is 3.73. The van der Waals surface area contributed by atoms with Crippen molar-refractivity contribution in [3.8, 4) is 5.75 Å². The fourth-order valence-corrected chi connectivity index (χ4v) is 2.55. The largest absolute Gasteiger partial charge is 0.482 e. The quantitative estimate of drug-likeness (QED) is 0.808. The van der Waals surface area contributed by atoms with E-state index in [1.807, 2.05) is 0 Å². The van der Waals surface area contributed by atoms with Crippen LogP contribution < -0.4 is 15.2 Å². The maximum absolute atomic E-state index is 12.7. The van der Waals surface area contributed by atoms with E-state index in [1.54, 1.807) is 50.5 Å². The smallest absolute Gasteiger partial charge is 0.264 e. The first-order chi connectivity index (χ1) is 11.0. The van der Waals surface area contributed by atoms with Crippen molar-refractivity contribution in [3.05, 3.63) is 58.5 Å². The van der Waals surface area contributed by atoms with Gasteiger partial charge in [-0.05, 0) is 31.2 Å². The molecule has 0 fully saturated rings. The number of benzene rings is 1. The zero-order valence-corrected chi connectivity index (χ0v) is 12.9. The summed E-state index contributed by atoms with van der Waals surface area (Å²) in [5.41, 5.74) is 0.749. The lowest BCUT2D eigenvalue weighted by atomic mass is 10.0. The molecule has 6 heteroatoms. The van der Waals surface area contributed by atoms with Crippen LogP contribution in [0.4, 0.5) is 5.69 Å². The Bertz CT molecular complexity index is 840. The fourth-order valence-electron chi connectivity index (χ4n) is 2.55. The van der Waals surface area contributed by atoms with Gasteiger partial charge in [0.2, 0.25) is 0 Å². The second kappa shape index (κ2) is 5.72. The van der Waals surface area contributed by atoms with Crippen LogP contribution in [0.2, 0.25) is 0 Å². The van der Waals surface area contributed by atoms with Gasteiger partial charge in [0.05, 0.1) is 11.7 Å². The topological polar surface area (TPSA) is 68.6 Å². The second-order valence-electron chi connectivity index (χ2n) is 5.41. The molecule has 0 aliphatic carbocycles. The molecule has 0 saturated heterocycles. The van der Waals surface area contributed by atoms with Gasteiger partial charge in [-0.25, -0.2) is 0 Å². The number of hydrogen-bond acceptors (Lipinski definition) is 4. The lowest BCUT2D eigenvalue weighted by molar-refractivity contribution is -0.120. The highest BCUT2D eigenvalue weighted by molar-refractivity contribution is 6.03. The van der Waals surface area contributed by atoms with E-state index < -0.39 is 6.04 Å². The first-order valence-corrected chi connectivity index (χ1v) is 7.24. The van der Waals surface area contributed by atoms with Crippen LogP contribution in [0.25, 0.3) is 0 Å². The van der Waals surface area contributed by atoms with E-state index in [9.17, 15) is 14.4 Å². The van der Waals surface area contributed by atoms with Gasteiger partial charge < -0.3 is 14.2 Å². The minimum absolute atomic E-state index is 0.00734. The first-order valence-electron chi connectivity index (χ1n) is 7.24. The number of amides is 1. The molecule has 1 aromatic heterocycles. The van der Waals surface area contributed by atoms with Gasteiger partial charge in [0.1, 0.15) is 5.75 Å². The van der Waals surface area contributed by atoms with Gasteiger partial charge >= 0.3 is 0 Å². The van der Waals surface area contributed by atoms with Crippen molar-refractivity contribution in [1.82, 2.24) is 4.57 Å². The minimum Gasteiger partial charge on any atom is -0.482 e. The molecule has 1 amide bonds. The predicted molar refractivity (Wildman–Crippen MR) is 85.1 cm³/mol. The van der Waals surface area contributed by atoms with E-state index in [4.69, 9.17) is 4.74 Å². The van der Waals surface area contributed by atoms with Crippen molar-refractivity contribution in [2.75, 3.05) is 18.6 Å². The normalized spacial score (nSPS) is 14.9. The molecule has 0 spiro atoms. The van der Waals surface area contributed by atoms with Gasteiger partial charge in [-0.3, -0.25) is 14.4 Å². The summed E-state index contributed by atoms with van der Waals surface area (Å²) in [6.45, 7) is 1.67. The summed E-state index contributed by atoms with van der Waals surface area (Å²) in [7, 11) is 1.64. The Labute approximate surface area is 132 Å². The second-order valence-corrected chi connectivity index (χ2v) is 5.41. The summed E-state index contributed by atoms with van der Waals surface area (Å²) in [5.74, 6) is 0.190. The molecule has 1 aliphatic heterocycles. The van der Waals surface area contributed by atoms with Gasteiger partial charge in [-0.2, -0.15) is 0 Å². The molecule has 3 rings (SSSR count). The number of carbonyl (C=O) groups excluding carboxylic acids is 2. The van der Waals surface area contributed by atoms with Crippen LogP contribution in [0.5, 0.6) is 5.75 Å². The monoisotopic (exact) mass is 312 g/mol. The average molecular weight is 312 g/mol. The van der Waals surface area contributed by atoms with Crippen molar-refractivity contribution in [2.45, 2.75) is 13.0 Å². The highest BCUT2D eigenvalue weighted by Crippen LogP contribution is 2.32. The zero-order chi connectivity index (χ0) is 16.6. The van der Waals surface area contributed by atoms with Crippen molar-refractivity contribution in [2.24, 2.45) is 0 Å². The van der Waals surface area contributed by atoms with Crippen molar-refractivity contribution < 1.29 is 14.3 Å². The first kappa shape index (κ1) is 15.0. The molecule has 23 heavy (non-hydrogen) atoms. The molecule has 0 radical (unpaired) electrons. The van der Waals surface area contributed by atoms with Gasteiger partial charge in [0.25, 0.3) is 11.5 Å². The molecule has 1 aliphatic rings. The van der Waals surface area contributed by atoms with Crippen LogP contribution in [0.15, 0.2) is 47.4 Å². The Balaban J connectivity index is 1.96. The van der Waals surface area contributed by atoms with E-state index >= 15 is 0 Å². The summed E-state index contributed by atoms with van der Waals surface area (Å²) in [4.78, 5) is 37.7. The standard InChI is InChI=1S/C17H16N2O4/c1-11(19-8-4-3-5-15(19)20)17(22)12-6-7-14-13(9-12)18(2)16(21)10-23-14/h3-9,11H,10H2,1-2H3. The van der Waals surface area contributed by atoms with E-state index in [2.05, 4.69) is 0 Å². The molecule has 0 N–H and O–H groups in total. The van der Waals surface area contributed by atoms with Crippen molar-refractivity contribution in [3.63, 3.8) is 0 Å². The third-order valence-electron chi connectivity index (χ3n) is 3.98. The number of rotatable bonds is 3. The summed E-state index contributed by atoms with van der Waals surface area (Å²) >= 11 is 0. The Morgan fingerprint density at radius 1 is 1.22 bits per heavy atom. The number of ether oxygens (including phenoxy) is 1. The van der Waals surface area contributed by atoms with Crippen LogP contribution in [-0.2, 0) is 4.79 Å². The molecule has 0 saturated carbocycles. The molecule has 0 bridgehead atoms. The van der Waals surface area contributed by atoms with Crippen molar-refractivity contribution in [1.29, 1.82) is 0 Å². The highest BCUT2D eigenvalue weighted by Gasteiger charge is 2.25. The van der Waals surface area contributed by atoms with Crippen LogP contribution >= 0.6 is 0 Å². The van der Waals surface area contributed by atoms with E-state index in [0.29, 0.717) is 17.0 Å². The molecule has 1 atom stereocenters. The van der Waals surface area contributed by atoms with Crippen LogP contribution in [0, 0.1) is 0 Å². The third kappa shape index (κ3) is 2.63. The van der Waals surface area contributed by atoms with Crippen LogP contribution in [0.3, 0.4) is 0 Å². The SMILES string of the molecule is CC(C(=O)c1ccc2c(c1)N(C)C(=O)CO2)n1ccccc1=O. The van der Waals surface area contributed by atoms with Crippen LogP contribution in [0.1, 0.15) is 23.3 Å². The zero-order valence-electron chi connectivity index (χ0n) is 12.9. The molecular formula is C17H16N2O4. The number of Topliss-reactive ketones (excluding diaryl/α,β-unsaturated/α-hetero) is 1. The third-order valence-corrected chi connectivity index (χ3v) is 3.98. The summed E-state index contributed by atoms with van der Waals surface area (Å²) in [6.07, 6.45) is 1.59. The number of fused-ring (bicyclic) bond motifs is 1. The van der Waals surface area contributed by atoms with Gasteiger partial charge in [0.15, 0.2) is 12.4 Å².